The number of nitrogens with zero attached hydrogens (tertiary/aromatic N) is 2. The van der Waals surface area contributed by atoms with E-state index in [4.69, 9.17) is 14.9 Å². The fourth-order valence-corrected chi connectivity index (χ4v) is 6.16. The van der Waals surface area contributed by atoms with Gasteiger partial charge in [-0.1, -0.05) is 30.7 Å². The van der Waals surface area contributed by atoms with Crippen LogP contribution in [0.15, 0.2) is 65.6 Å². The molecule has 0 radical (unpaired) electrons. The lowest BCUT2D eigenvalue weighted by Crippen LogP contribution is -2.38. The summed E-state index contributed by atoms with van der Waals surface area (Å²) in [6.07, 6.45) is 5.25. The minimum atomic E-state index is -3.88. The van der Waals surface area contributed by atoms with Crippen molar-refractivity contribution in [2.24, 2.45) is 0 Å². The summed E-state index contributed by atoms with van der Waals surface area (Å²) in [4.78, 5) is 34.7. The van der Waals surface area contributed by atoms with Crippen LogP contribution in [0.2, 0.25) is 0 Å². The lowest BCUT2D eigenvalue weighted by Gasteiger charge is -2.31. The largest absolute Gasteiger partial charge is 0.497 e. The van der Waals surface area contributed by atoms with E-state index >= 15 is 0 Å². The van der Waals surface area contributed by atoms with E-state index in [2.05, 4.69) is 4.90 Å². The molecule has 0 spiro atoms. The van der Waals surface area contributed by atoms with Crippen LogP contribution >= 0.6 is 0 Å². The molecule has 0 bridgehead atoms. The lowest BCUT2D eigenvalue weighted by atomic mass is 10.0. The van der Waals surface area contributed by atoms with Gasteiger partial charge in [-0.25, -0.2) is 22.3 Å². The Morgan fingerprint density at radius 1 is 0.973 bits per heavy atom. The first-order valence-corrected chi connectivity index (χ1v) is 13.3. The molecule has 1 saturated heterocycles. The maximum Gasteiger partial charge on any atom is 0.328 e. The predicted molar refractivity (Wildman–Crippen MR) is 135 cm³/mol. The van der Waals surface area contributed by atoms with Crippen molar-refractivity contribution in [3.63, 3.8) is 0 Å². The Morgan fingerprint density at radius 2 is 1.57 bits per heavy atom. The quantitative estimate of drug-likeness (QED) is 0.492. The van der Waals surface area contributed by atoms with Crippen LogP contribution in [0.4, 0.5) is 0 Å². The highest BCUT2D eigenvalue weighted by Gasteiger charge is 2.45. The molecule has 2 aromatic rings. The number of carbonyl (C=O) groups excluding carboxylic acids is 1. The third-order valence-electron chi connectivity index (χ3n) is 6.17. The van der Waals surface area contributed by atoms with Crippen molar-refractivity contribution >= 4 is 27.9 Å². The first-order valence-electron chi connectivity index (χ1n) is 11.8. The number of sulfonamides is 1. The zero-order valence-corrected chi connectivity index (χ0v) is 21.3. The number of amides is 1. The van der Waals surface area contributed by atoms with E-state index in [1.54, 1.807) is 25.3 Å². The van der Waals surface area contributed by atoms with Gasteiger partial charge in [-0.05, 0) is 62.2 Å². The maximum absolute atomic E-state index is 13.3. The smallest absolute Gasteiger partial charge is 0.328 e. The van der Waals surface area contributed by atoms with Gasteiger partial charge in [0.15, 0.2) is 0 Å². The van der Waals surface area contributed by atoms with Crippen molar-refractivity contribution in [2.75, 3.05) is 26.7 Å². The number of ether oxygens (including phenoxy) is 1. The van der Waals surface area contributed by atoms with E-state index < -0.39 is 33.9 Å². The Labute approximate surface area is 215 Å². The Kier molecular flexibility index (Phi) is 9.42. The number of benzene rings is 2. The number of fused-ring (bicyclic) bond motifs is 1. The summed E-state index contributed by atoms with van der Waals surface area (Å²) >= 11 is 0. The van der Waals surface area contributed by atoms with Gasteiger partial charge in [0.05, 0.1) is 18.7 Å². The van der Waals surface area contributed by atoms with Crippen molar-refractivity contribution in [1.82, 2.24) is 9.21 Å². The molecule has 1 amide bonds. The number of methoxy groups -OCH3 is 1. The lowest BCUT2D eigenvalue weighted by molar-refractivity contribution is -0.134. The molecule has 2 N–H and O–H groups in total. The van der Waals surface area contributed by atoms with Crippen LogP contribution in [0, 0.1) is 0 Å². The van der Waals surface area contributed by atoms with Crippen LogP contribution < -0.4 is 4.74 Å². The van der Waals surface area contributed by atoms with Gasteiger partial charge < -0.3 is 19.8 Å². The number of carboxylic acids is 2. The SMILES string of the molecule is COc1ccc(C(CCN2CCCCC2)N2C(=O)c3ccccc3S2(=O)=O)cc1.O=C(O)C=CC(=O)O. The van der Waals surface area contributed by atoms with Crippen molar-refractivity contribution in [3.8, 4) is 5.75 Å². The van der Waals surface area contributed by atoms with Crippen molar-refractivity contribution in [2.45, 2.75) is 36.6 Å². The second-order valence-corrected chi connectivity index (χ2v) is 10.4. The molecule has 0 aromatic heterocycles. The molecule has 11 heteroatoms. The fourth-order valence-electron chi connectivity index (χ4n) is 4.39. The highest BCUT2D eigenvalue weighted by molar-refractivity contribution is 7.90. The number of hydrogen-bond donors (Lipinski definition) is 2. The van der Waals surface area contributed by atoms with Crippen LogP contribution in [-0.4, -0.2) is 72.4 Å². The molecular weight excluding hydrogens is 500 g/mol. The molecule has 2 aliphatic rings. The molecule has 37 heavy (non-hydrogen) atoms. The molecule has 0 aliphatic carbocycles. The van der Waals surface area contributed by atoms with Gasteiger partial charge in [-0.2, -0.15) is 0 Å². The molecule has 10 nitrogen and oxygen atoms in total. The standard InChI is InChI=1S/C22H26N2O4S.C4H4O4/c1-28-18-11-9-17(10-12-18)20(13-16-23-14-5-2-6-15-23)24-22(25)19-7-3-4-8-21(19)29(24,26)27;5-3(6)1-2-4(7)8/h3-4,7-12,20H,2,5-6,13-16H2,1H3;1-2H,(H,5,6)(H,7,8). The Hall–Kier alpha value is -3.70. The number of hydrogen-bond acceptors (Lipinski definition) is 7. The summed E-state index contributed by atoms with van der Waals surface area (Å²) in [6.45, 7) is 2.80. The number of rotatable bonds is 8. The van der Waals surface area contributed by atoms with E-state index in [0.717, 1.165) is 29.5 Å². The Bertz CT molecular complexity index is 1240. The van der Waals surface area contributed by atoms with E-state index in [0.29, 0.717) is 24.3 Å². The molecule has 0 saturated carbocycles. The minimum Gasteiger partial charge on any atom is -0.497 e. The van der Waals surface area contributed by atoms with Gasteiger partial charge in [0.1, 0.15) is 10.6 Å². The monoisotopic (exact) mass is 530 g/mol. The summed E-state index contributed by atoms with van der Waals surface area (Å²) < 4.78 is 32.8. The Balaban J connectivity index is 0.000000414. The summed E-state index contributed by atoms with van der Waals surface area (Å²) in [5, 5.41) is 15.6. The van der Waals surface area contributed by atoms with Crippen molar-refractivity contribution in [3.05, 3.63) is 71.8 Å². The second-order valence-electron chi connectivity index (χ2n) is 8.59. The van der Waals surface area contributed by atoms with Gasteiger partial charge in [0.2, 0.25) is 0 Å². The molecule has 1 fully saturated rings. The average molecular weight is 531 g/mol. The number of aliphatic carboxylic acids is 2. The molecule has 1 unspecified atom stereocenters. The fraction of sp³-hybridized carbons (Fsp3) is 0.346. The van der Waals surface area contributed by atoms with Gasteiger partial charge in [0.25, 0.3) is 15.9 Å². The number of likely N-dealkylation sites (tertiary alicyclic amines) is 1. The Morgan fingerprint density at radius 3 is 2.11 bits per heavy atom. The molecule has 198 valence electrons. The molecule has 2 aromatic carbocycles. The van der Waals surface area contributed by atoms with Gasteiger partial charge in [-0.15, -0.1) is 0 Å². The average Bonchev–Trinajstić information content (AvgIpc) is 3.10. The molecule has 4 rings (SSSR count). The zero-order valence-electron chi connectivity index (χ0n) is 20.4. The van der Waals surface area contributed by atoms with Gasteiger partial charge in [0, 0.05) is 18.7 Å². The third-order valence-corrected chi connectivity index (χ3v) is 8.02. The number of carboxylic acid groups (broad SMARTS) is 2. The molecule has 2 aliphatic heterocycles. The summed E-state index contributed by atoms with van der Waals surface area (Å²) in [6, 6.07) is 13.2. The molecule has 1 atom stereocenters. The predicted octanol–water partition coefficient (Wildman–Crippen LogP) is 3.17. The van der Waals surface area contributed by atoms with Crippen LogP contribution in [0.5, 0.6) is 5.75 Å². The first-order chi connectivity index (χ1) is 17.6. The van der Waals surface area contributed by atoms with Crippen LogP contribution in [0.3, 0.4) is 0 Å². The van der Waals surface area contributed by atoms with Gasteiger partial charge in [-0.3, -0.25) is 4.79 Å². The summed E-state index contributed by atoms with van der Waals surface area (Å²) in [5.74, 6) is -2.26. The summed E-state index contributed by atoms with van der Waals surface area (Å²) in [5.41, 5.74) is 1.05. The highest BCUT2D eigenvalue weighted by atomic mass is 32.2. The van der Waals surface area contributed by atoms with E-state index in [1.165, 1.54) is 25.3 Å². The van der Waals surface area contributed by atoms with E-state index in [9.17, 15) is 22.8 Å². The van der Waals surface area contributed by atoms with Crippen LogP contribution in [0.25, 0.3) is 0 Å². The van der Waals surface area contributed by atoms with Crippen molar-refractivity contribution < 1.29 is 37.8 Å². The minimum absolute atomic E-state index is 0.0986. The van der Waals surface area contributed by atoms with E-state index in [-0.39, 0.29) is 10.5 Å². The van der Waals surface area contributed by atoms with Crippen LogP contribution in [0.1, 0.15) is 47.6 Å². The summed E-state index contributed by atoms with van der Waals surface area (Å²) in [7, 11) is -2.29. The number of piperidine rings is 1. The van der Waals surface area contributed by atoms with Crippen molar-refractivity contribution in [1.29, 1.82) is 0 Å². The van der Waals surface area contributed by atoms with Crippen LogP contribution in [-0.2, 0) is 19.6 Å². The topological polar surface area (TPSA) is 142 Å². The molecule has 2 heterocycles. The molecular formula is C26H30N2O8S. The third kappa shape index (κ3) is 6.95. The second kappa shape index (κ2) is 12.5. The van der Waals surface area contributed by atoms with Gasteiger partial charge >= 0.3 is 11.9 Å². The first kappa shape index (κ1) is 27.9. The maximum atomic E-state index is 13.3. The van der Waals surface area contributed by atoms with E-state index in [1.807, 2.05) is 24.3 Å². The number of carbonyl (C=O) groups is 3. The normalized spacial score (nSPS) is 17.5. The highest BCUT2D eigenvalue weighted by Crippen LogP contribution is 2.39. The zero-order chi connectivity index (χ0) is 27.0.